The van der Waals surface area contributed by atoms with Crippen molar-refractivity contribution in [3.8, 4) is 0 Å². The summed E-state index contributed by atoms with van der Waals surface area (Å²) in [6, 6.07) is 4.95. The Kier molecular flexibility index (Phi) is 4.40. The first kappa shape index (κ1) is 14.3. The highest BCUT2D eigenvalue weighted by atomic mass is 127. The van der Waals surface area contributed by atoms with Gasteiger partial charge in [-0.05, 0) is 60.2 Å². The van der Waals surface area contributed by atoms with Gasteiger partial charge in [0, 0.05) is 15.8 Å². The van der Waals surface area contributed by atoms with Gasteiger partial charge in [0.1, 0.15) is 0 Å². The maximum absolute atomic E-state index is 12.4. The molecule has 1 rings (SSSR count). The Morgan fingerprint density at radius 2 is 2.00 bits per heavy atom. The Morgan fingerprint density at radius 1 is 1.41 bits per heavy atom. The standard InChI is InChI=1S/C11H11F3INO/c1-3-16(10(17)11(12,13)14)9-5-4-8(15)6-7(9)2/h4-6H,3H2,1-2H3. The lowest BCUT2D eigenvalue weighted by molar-refractivity contribution is -0.170. The van der Waals surface area contributed by atoms with Gasteiger partial charge >= 0.3 is 12.1 Å². The molecule has 0 bridgehead atoms. The molecule has 1 amide bonds. The van der Waals surface area contributed by atoms with Crippen molar-refractivity contribution in [2.45, 2.75) is 20.0 Å². The molecule has 0 aliphatic carbocycles. The van der Waals surface area contributed by atoms with E-state index in [1.165, 1.54) is 13.0 Å². The molecule has 0 saturated heterocycles. The third-order valence-corrected chi connectivity index (χ3v) is 2.92. The molecule has 0 aliphatic rings. The zero-order valence-corrected chi connectivity index (χ0v) is 11.5. The minimum atomic E-state index is -4.84. The first-order chi connectivity index (χ1) is 7.77. The Balaban J connectivity index is 3.15. The van der Waals surface area contributed by atoms with Crippen molar-refractivity contribution in [3.05, 3.63) is 27.3 Å². The van der Waals surface area contributed by atoms with Gasteiger partial charge in [-0.1, -0.05) is 0 Å². The summed E-state index contributed by atoms with van der Waals surface area (Å²) in [6.45, 7) is 3.19. The lowest BCUT2D eigenvalue weighted by Crippen LogP contribution is -2.41. The van der Waals surface area contributed by atoms with Crippen molar-refractivity contribution >= 4 is 34.2 Å². The normalized spacial score (nSPS) is 11.4. The molecule has 0 heterocycles. The molecule has 0 radical (unpaired) electrons. The molecule has 1 aromatic carbocycles. The number of aryl methyl sites for hydroxylation is 1. The summed E-state index contributed by atoms with van der Waals surface area (Å²) in [5.41, 5.74) is 0.951. The molecular formula is C11H11F3INO. The van der Waals surface area contributed by atoms with E-state index in [1.807, 2.05) is 0 Å². The highest BCUT2D eigenvalue weighted by Gasteiger charge is 2.42. The second kappa shape index (κ2) is 5.24. The molecule has 0 aromatic heterocycles. The zero-order chi connectivity index (χ0) is 13.2. The highest BCUT2D eigenvalue weighted by molar-refractivity contribution is 14.1. The Morgan fingerprint density at radius 3 is 2.41 bits per heavy atom. The number of amides is 1. The summed E-state index contributed by atoms with van der Waals surface area (Å²) in [5.74, 6) is -1.83. The van der Waals surface area contributed by atoms with Crippen LogP contribution in [0.3, 0.4) is 0 Å². The van der Waals surface area contributed by atoms with E-state index in [-0.39, 0.29) is 6.54 Å². The highest BCUT2D eigenvalue weighted by Crippen LogP contribution is 2.27. The molecule has 2 nitrogen and oxygen atoms in total. The monoisotopic (exact) mass is 357 g/mol. The van der Waals surface area contributed by atoms with E-state index in [0.717, 1.165) is 8.47 Å². The van der Waals surface area contributed by atoms with Gasteiger partial charge in [-0.2, -0.15) is 13.2 Å². The second-order valence-electron chi connectivity index (χ2n) is 3.48. The predicted octanol–water partition coefficient (Wildman–Crippen LogP) is 3.51. The summed E-state index contributed by atoms with van der Waals surface area (Å²) in [7, 11) is 0. The van der Waals surface area contributed by atoms with Crippen molar-refractivity contribution in [2.75, 3.05) is 11.4 Å². The lowest BCUT2D eigenvalue weighted by Gasteiger charge is -2.24. The maximum atomic E-state index is 12.4. The second-order valence-corrected chi connectivity index (χ2v) is 4.72. The summed E-state index contributed by atoms with van der Waals surface area (Å²) in [5, 5.41) is 0. The number of carbonyl (C=O) groups is 1. The van der Waals surface area contributed by atoms with Gasteiger partial charge in [-0.3, -0.25) is 4.79 Å². The number of anilines is 1. The van der Waals surface area contributed by atoms with Crippen LogP contribution in [0.1, 0.15) is 12.5 Å². The average molecular weight is 357 g/mol. The number of nitrogens with zero attached hydrogens (tertiary/aromatic N) is 1. The molecule has 0 fully saturated rings. The van der Waals surface area contributed by atoms with Crippen LogP contribution in [-0.4, -0.2) is 18.6 Å². The molecule has 17 heavy (non-hydrogen) atoms. The van der Waals surface area contributed by atoms with Crippen molar-refractivity contribution in [1.82, 2.24) is 0 Å². The Labute approximate surface area is 111 Å². The molecule has 0 aliphatic heterocycles. The summed E-state index contributed by atoms with van der Waals surface area (Å²) in [6.07, 6.45) is -4.84. The summed E-state index contributed by atoms with van der Waals surface area (Å²) >= 11 is 2.07. The molecular weight excluding hydrogens is 346 g/mol. The first-order valence-electron chi connectivity index (χ1n) is 4.92. The minimum absolute atomic E-state index is 0.0141. The van der Waals surface area contributed by atoms with Gasteiger partial charge < -0.3 is 4.90 Å². The van der Waals surface area contributed by atoms with Crippen LogP contribution in [0, 0.1) is 10.5 Å². The van der Waals surface area contributed by atoms with Crippen LogP contribution in [0.25, 0.3) is 0 Å². The third-order valence-electron chi connectivity index (χ3n) is 2.25. The number of alkyl halides is 3. The Hall–Kier alpha value is -0.790. The van der Waals surface area contributed by atoms with Gasteiger partial charge in [0.25, 0.3) is 0 Å². The van der Waals surface area contributed by atoms with E-state index in [9.17, 15) is 18.0 Å². The molecule has 0 unspecified atom stereocenters. The van der Waals surface area contributed by atoms with Gasteiger partial charge in [-0.15, -0.1) is 0 Å². The van der Waals surface area contributed by atoms with Crippen molar-refractivity contribution in [2.24, 2.45) is 0 Å². The summed E-state index contributed by atoms with van der Waals surface area (Å²) in [4.78, 5) is 12.0. The van der Waals surface area contributed by atoms with E-state index < -0.39 is 12.1 Å². The van der Waals surface area contributed by atoms with Gasteiger partial charge in [0.15, 0.2) is 0 Å². The first-order valence-corrected chi connectivity index (χ1v) is 6.00. The lowest BCUT2D eigenvalue weighted by atomic mass is 10.2. The number of rotatable bonds is 2. The van der Waals surface area contributed by atoms with Crippen molar-refractivity contribution < 1.29 is 18.0 Å². The van der Waals surface area contributed by atoms with Crippen LogP contribution in [0.5, 0.6) is 0 Å². The maximum Gasteiger partial charge on any atom is 0.471 e. The fourth-order valence-electron chi connectivity index (χ4n) is 1.50. The molecule has 6 heteroatoms. The van der Waals surface area contributed by atoms with Crippen LogP contribution in [0.2, 0.25) is 0 Å². The predicted molar refractivity (Wildman–Crippen MR) is 68.0 cm³/mol. The molecule has 0 N–H and O–H groups in total. The van der Waals surface area contributed by atoms with Crippen LogP contribution < -0.4 is 4.90 Å². The van der Waals surface area contributed by atoms with E-state index in [0.29, 0.717) is 11.3 Å². The minimum Gasteiger partial charge on any atom is -0.305 e. The third kappa shape index (κ3) is 3.34. The average Bonchev–Trinajstić information content (AvgIpc) is 2.20. The molecule has 0 saturated carbocycles. The zero-order valence-electron chi connectivity index (χ0n) is 9.31. The van der Waals surface area contributed by atoms with E-state index in [2.05, 4.69) is 22.6 Å². The molecule has 0 atom stereocenters. The van der Waals surface area contributed by atoms with Gasteiger partial charge in [0.2, 0.25) is 0 Å². The summed E-state index contributed by atoms with van der Waals surface area (Å²) < 4.78 is 38.1. The van der Waals surface area contributed by atoms with Gasteiger partial charge in [-0.25, -0.2) is 0 Å². The van der Waals surface area contributed by atoms with E-state index >= 15 is 0 Å². The van der Waals surface area contributed by atoms with E-state index in [1.54, 1.807) is 19.1 Å². The molecule has 1 aromatic rings. The number of benzene rings is 1. The Bertz CT molecular complexity index is 431. The fourth-order valence-corrected chi connectivity index (χ4v) is 2.15. The van der Waals surface area contributed by atoms with Crippen LogP contribution in [0.4, 0.5) is 18.9 Å². The number of hydrogen-bond acceptors (Lipinski definition) is 1. The van der Waals surface area contributed by atoms with Crippen LogP contribution in [0.15, 0.2) is 18.2 Å². The van der Waals surface area contributed by atoms with Crippen LogP contribution >= 0.6 is 22.6 Å². The molecule has 0 spiro atoms. The smallest absolute Gasteiger partial charge is 0.305 e. The largest absolute Gasteiger partial charge is 0.471 e. The number of hydrogen-bond donors (Lipinski definition) is 0. The number of carbonyl (C=O) groups excluding carboxylic acids is 1. The topological polar surface area (TPSA) is 20.3 Å². The van der Waals surface area contributed by atoms with Gasteiger partial charge in [0.05, 0.1) is 0 Å². The van der Waals surface area contributed by atoms with Crippen LogP contribution in [-0.2, 0) is 4.79 Å². The quantitative estimate of drug-likeness (QED) is 0.742. The van der Waals surface area contributed by atoms with Crippen molar-refractivity contribution in [1.29, 1.82) is 0 Å². The molecule has 94 valence electrons. The van der Waals surface area contributed by atoms with E-state index in [4.69, 9.17) is 0 Å². The van der Waals surface area contributed by atoms with Crippen molar-refractivity contribution in [3.63, 3.8) is 0 Å². The number of halogens is 4. The fraction of sp³-hybridized carbons (Fsp3) is 0.364. The SMILES string of the molecule is CCN(C(=O)C(F)(F)F)c1ccc(I)cc1C.